The molecular formula is C57H56N4O. The molecule has 4 unspecified atom stereocenters. The van der Waals surface area contributed by atoms with Crippen molar-refractivity contribution in [2.45, 2.75) is 83.7 Å². The second-order valence-corrected chi connectivity index (χ2v) is 19.3. The third-order valence-corrected chi connectivity index (χ3v) is 13.5. The summed E-state index contributed by atoms with van der Waals surface area (Å²) in [4.78, 5) is 9.53. The summed E-state index contributed by atoms with van der Waals surface area (Å²) < 4.78 is 97.6. The normalized spacial score (nSPS) is 22.0. The Morgan fingerprint density at radius 3 is 1.92 bits per heavy atom. The number of fused-ring (bicyclic) bond motifs is 8. The second-order valence-electron chi connectivity index (χ2n) is 19.3. The Bertz CT molecular complexity index is 3410. The van der Waals surface area contributed by atoms with Crippen molar-refractivity contribution in [1.82, 2.24) is 9.55 Å². The summed E-state index contributed by atoms with van der Waals surface area (Å²) in [6.45, 7) is 13.4. The van der Waals surface area contributed by atoms with E-state index in [1.54, 1.807) is 18.2 Å². The molecule has 3 fully saturated rings. The van der Waals surface area contributed by atoms with Crippen molar-refractivity contribution in [3.8, 4) is 39.6 Å². The molecule has 5 heteroatoms. The van der Waals surface area contributed by atoms with Gasteiger partial charge in [0, 0.05) is 45.9 Å². The minimum Gasteiger partial charge on any atom is -0.457 e. The lowest BCUT2D eigenvalue weighted by molar-refractivity contribution is 0.389. The van der Waals surface area contributed by atoms with Crippen molar-refractivity contribution < 1.29 is 18.4 Å². The van der Waals surface area contributed by atoms with Gasteiger partial charge in [0.1, 0.15) is 17.3 Å². The molecule has 0 spiro atoms. The van der Waals surface area contributed by atoms with E-state index in [2.05, 4.69) is 117 Å². The summed E-state index contributed by atoms with van der Waals surface area (Å²) in [5, 5.41) is 2.19. The SMILES string of the molecule is [2H]c1c([2H])c([2H])c(-c2cccc(-c3c([2H])c([2H])c([2H])c([2H])c3[2H])c2N2CN(c3cc(Oc4ccc5c6ccccc6n(-c6cc(C(C)(C)C)ccn6)c5c4)cc(C(C)(C)C)c3)C3C4CCC(C4)C32)c([2H])c1[2H]. The number of hydrogen-bond donors (Lipinski definition) is 0. The third-order valence-electron chi connectivity index (χ3n) is 13.5. The van der Waals surface area contributed by atoms with Crippen molar-refractivity contribution in [1.29, 1.82) is 0 Å². The van der Waals surface area contributed by atoms with Crippen LogP contribution in [0.4, 0.5) is 11.4 Å². The first kappa shape index (κ1) is 29.1. The lowest BCUT2D eigenvalue weighted by Crippen LogP contribution is -2.42. The standard InChI is InChI=1S/C57H56N4O/c1-56(2,3)41-28-29-58-52(33-41)61-50-23-14-13-20-48(50)49-27-26-44(35-51(49)61)62-45-32-42(57(4,5)6)31-43(34-45)59-36-60(54-40-25-24-39(30-40)53(54)59)55-46(37-16-9-7-10-17-37)21-15-22-47(55)38-18-11-8-12-19-38/h7-23,26-29,31-35,39-40,53-54H,24-25,30,36H2,1-6H3/i7D,8D,9D,10D,11D,12D,16D,17D,18D,19D. The van der Waals surface area contributed by atoms with E-state index in [-0.39, 0.29) is 64.1 Å². The quantitative estimate of drug-likeness (QED) is 0.160. The van der Waals surface area contributed by atoms with Gasteiger partial charge >= 0.3 is 0 Å². The molecule has 0 amide bonds. The van der Waals surface area contributed by atoms with Gasteiger partial charge < -0.3 is 14.5 Å². The molecule has 2 bridgehead atoms. The van der Waals surface area contributed by atoms with Crippen LogP contribution in [-0.2, 0) is 10.8 Å². The summed E-state index contributed by atoms with van der Waals surface area (Å²) in [5.74, 6) is 2.70. The number of benzene rings is 6. The first-order chi connectivity index (χ1) is 34.1. The van der Waals surface area contributed by atoms with Gasteiger partial charge in [-0.1, -0.05) is 138 Å². The molecule has 3 aliphatic rings. The number of ether oxygens (including phenoxy) is 1. The van der Waals surface area contributed by atoms with Gasteiger partial charge in [-0.2, -0.15) is 0 Å². The number of pyridine rings is 1. The highest BCUT2D eigenvalue weighted by molar-refractivity contribution is 6.09. The summed E-state index contributed by atoms with van der Waals surface area (Å²) in [7, 11) is 0. The molecule has 2 aliphatic carbocycles. The Balaban J connectivity index is 1.07. The summed E-state index contributed by atoms with van der Waals surface area (Å²) in [6, 6.07) is 25.8. The number of nitrogens with zero attached hydrogens (tertiary/aromatic N) is 4. The van der Waals surface area contributed by atoms with Crippen LogP contribution in [0, 0.1) is 11.8 Å². The van der Waals surface area contributed by atoms with E-state index in [0.29, 0.717) is 40.9 Å². The van der Waals surface area contributed by atoms with Gasteiger partial charge in [-0.3, -0.25) is 4.57 Å². The minimum absolute atomic E-state index is 0.00351. The molecule has 11 rings (SSSR count). The molecular weight excluding hydrogens is 757 g/mol. The van der Waals surface area contributed by atoms with Gasteiger partial charge in [-0.25, -0.2) is 4.98 Å². The maximum atomic E-state index is 9.18. The zero-order valence-corrected chi connectivity index (χ0v) is 36.1. The van der Waals surface area contributed by atoms with E-state index in [1.807, 2.05) is 18.3 Å². The van der Waals surface area contributed by atoms with Crippen molar-refractivity contribution in [3.63, 3.8) is 0 Å². The summed E-state index contributed by atoms with van der Waals surface area (Å²) >= 11 is 0. The Kier molecular flexibility index (Phi) is 6.87. The molecule has 1 aliphatic heterocycles. The Morgan fingerprint density at radius 1 is 0.597 bits per heavy atom. The Morgan fingerprint density at radius 2 is 1.24 bits per heavy atom. The number of rotatable bonds is 7. The fourth-order valence-electron chi connectivity index (χ4n) is 10.6. The van der Waals surface area contributed by atoms with Crippen LogP contribution in [-0.4, -0.2) is 28.3 Å². The Hall–Kier alpha value is -6.33. The maximum absolute atomic E-state index is 9.18. The summed E-state index contributed by atoms with van der Waals surface area (Å²) in [6.07, 6.45) is 4.85. The third kappa shape index (κ3) is 6.56. The number of aromatic nitrogens is 2. The van der Waals surface area contributed by atoms with Crippen molar-refractivity contribution in [3.05, 3.63) is 169 Å². The van der Waals surface area contributed by atoms with Gasteiger partial charge in [0.25, 0.3) is 0 Å². The van der Waals surface area contributed by atoms with Crippen LogP contribution in [0.1, 0.15) is 85.6 Å². The topological polar surface area (TPSA) is 33.5 Å². The van der Waals surface area contributed by atoms with Crippen LogP contribution in [0.5, 0.6) is 11.5 Å². The number of hydrogen-bond acceptors (Lipinski definition) is 4. The van der Waals surface area contributed by atoms with E-state index in [4.69, 9.17) is 17.9 Å². The predicted molar refractivity (Wildman–Crippen MR) is 258 cm³/mol. The predicted octanol–water partition coefficient (Wildman–Crippen LogP) is 14.4. The molecule has 0 N–H and O–H groups in total. The first-order valence-corrected chi connectivity index (χ1v) is 21.8. The Labute approximate surface area is 380 Å². The van der Waals surface area contributed by atoms with Crippen LogP contribution >= 0.6 is 0 Å². The fourth-order valence-corrected chi connectivity index (χ4v) is 10.6. The average molecular weight is 823 g/mol. The molecule has 62 heavy (non-hydrogen) atoms. The number of anilines is 2. The molecule has 2 saturated carbocycles. The van der Waals surface area contributed by atoms with Crippen LogP contribution in [0.2, 0.25) is 0 Å². The molecule has 2 aromatic heterocycles. The molecule has 8 aromatic rings. The molecule has 310 valence electrons. The number of para-hydroxylation sites is 2. The van der Waals surface area contributed by atoms with Gasteiger partial charge in [0.15, 0.2) is 0 Å². The van der Waals surface area contributed by atoms with Crippen molar-refractivity contribution in [2.24, 2.45) is 11.8 Å². The van der Waals surface area contributed by atoms with E-state index < -0.39 is 36.3 Å². The molecule has 6 aromatic carbocycles. The van der Waals surface area contributed by atoms with Gasteiger partial charge in [-0.05, 0) is 107 Å². The summed E-state index contributed by atoms with van der Waals surface area (Å²) in [5.41, 5.74) is 5.93. The average Bonchev–Trinajstić information content (AvgIpc) is 4.15. The second kappa shape index (κ2) is 14.7. The lowest BCUT2D eigenvalue weighted by atomic mass is 9.86. The monoisotopic (exact) mass is 823 g/mol. The highest BCUT2D eigenvalue weighted by Crippen LogP contribution is 2.56. The van der Waals surface area contributed by atoms with Gasteiger partial charge in [0.2, 0.25) is 0 Å². The van der Waals surface area contributed by atoms with Crippen LogP contribution in [0.3, 0.4) is 0 Å². The van der Waals surface area contributed by atoms with Crippen LogP contribution in [0.15, 0.2) is 158 Å². The van der Waals surface area contributed by atoms with E-state index >= 15 is 0 Å². The van der Waals surface area contributed by atoms with E-state index in [9.17, 15) is 5.48 Å². The van der Waals surface area contributed by atoms with Crippen LogP contribution < -0.4 is 14.5 Å². The lowest BCUT2D eigenvalue weighted by Gasteiger charge is -2.35. The van der Waals surface area contributed by atoms with Crippen molar-refractivity contribution >= 4 is 33.2 Å². The molecule has 5 nitrogen and oxygen atoms in total. The smallest absolute Gasteiger partial charge is 0.137 e. The molecule has 4 atom stereocenters. The maximum Gasteiger partial charge on any atom is 0.137 e. The largest absolute Gasteiger partial charge is 0.457 e. The first-order valence-electron chi connectivity index (χ1n) is 26.8. The molecule has 1 saturated heterocycles. The fraction of sp³-hybridized carbons (Fsp3) is 0.281. The van der Waals surface area contributed by atoms with E-state index in [0.717, 1.165) is 58.1 Å². The highest BCUT2D eigenvalue weighted by atomic mass is 16.5. The zero-order valence-electron chi connectivity index (χ0n) is 46.1. The van der Waals surface area contributed by atoms with Crippen LogP contribution in [0.25, 0.3) is 49.9 Å². The van der Waals surface area contributed by atoms with Crippen molar-refractivity contribution in [2.75, 3.05) is 16.5 Å². The van der Waals surface area contributed by atoms with E-state index in [1.165, 1.54) is 5.56 Å². The molecule has 0 radical (unpaired) electrons. The highest BCUT2D eigenvalue weighted by Gasteiger charge is 2.57. The van der Waals surface area contributed by atoms with Gasteiger partial charge in [0.05, 0.1) is 49.2 Å². The zero-order chi connectivity index (χ0) is 51.0. The van der Waals surface area contributed by atoms with Gasteiger partial charge in [-0.15, -0.1) is 0 Å². The minimum atomic E-state index is -0.514. The molecule has 3 heterocycles.